The van der Waals surface area contributed by atoms with Crippen LogP contribution in [0.15, 0.2) is 0 Å². The van der Waals surface area contributed by atoms with Crippen LogP contribution in [-0.4, -0.2) is 37.1 Å². The zero-order valence-electron chi connectivity index (χ0n) is 8.46. The fourth-order valence-electron chi connectivity index (χ4n) is 0.763. The van der Waals surface area contributed by atoms with E-state index in [-0.39, 0.29) is 6.04 Å². The van der Waals surface area contributed by atoms with Gasteiger partial charge in [0.05, 0.1) is 12.6 Å². The summed E-state index contributed by atoms with van der Waals surface area (Å²) in [5.41, 5.74) is 0. The molecule has 6 heteroatoms. The Bertz CT molecular complexity index is 209. The van der Waals surface area contributed by atoms with Gasteiger partial charge < -0.3 is 10.1 Å². The number of nitrogens with one attached hydrogen (secondary N) is 2. The lowest BCUT2D eigenvalue weighted by atomic mass is 10.4. The summed E-state index contributed by atoms with van der Waals surface area (Å²) >= 11 is 5.45. The number of ether oxygens (including phenoxy) is 1. The fraction of sp³-hybridized carbons (Fsp3) is 0.750. The molecule has 2 unspecified atom stereocenters. The number of carbonyl (C=O) groups excluding carboxylic acids is 2. The summed E-state index contributed by atoms with van der Waals surface area (Å²) < 4.78 is 4.80. The lowest BCUT2D eigenvalue weighted by Gasteiger charge is -2.13. The van der Waals surface area contributed by atoms with Gasteiger partial charge in [-0.1, -0.05) is 0 Å². The third kappa shape index (κ3) is 5.77. The molecule has 0 bridgehead atoms. The number of amides is 3. The Morgan fingerprint density at radius 2 is 2.00 bits per heavy atom. The van der Waals surface area contributed by atoms with Crippen LogP contribution in [0.4, 0.5) is 4.79 Å². The molecule has 82 valence electrons. The predicted molar refractivity (Wildman–Crippen MR) is 53.3 cm³/mol. The molecule has 0 aliphatic heterocycles. The van der Waals surface area contributed by atoms with E-state index in [1.807, 2.05) is 0 Å². The normalized spacial score (nSPS) is 14.3. The first-order valence-corrected chi connectivity index (χ1v) is 4.65. The standard InChI is InChI=1S/C8H15ClN2O3/c1-5(4-14-3)10-8(13)11-7(12)6(2)9/h5-6H,4H2,1-3H3,(H2,10,11,12,13). The van der Waals surface area contributed by atoms with Crippen LogP contribution in [0, 0.1) is 0 Å². The van der Waals surface area contributed by atoms with E-state index >= 15 is 0 Å². The summed E-state index contributed by atoms with van der Waals surface area (Å²) in [7, 11) is 1.53. The van der Waals surface area contributed by atoms with E-state index in [4.69, 9.17) is 16.3 Å². The summed E-state index contributed by atoms with van der Waals surface area (Å²) in [6, 6.07) is -0.717. The Morgan fingerprint density at radius 3 is 2.43 bits per heavy atom. The van der Waals surface area contributed by atoms with Gasteiger partial charge in [0.1, 0.15) is 5.38 Å². The van der Waals surface area contributed by atoms with Crippen molar-refractivity contribution >= 4 is 23.5 Å². The van der Waals surface area contributed by atoms with Gasteiger partial charge in [-0.15, -0.1) is 11.6 Å². The number of carbonyl (C=O) groups is 2. The molecule has 0 heterocycles. The number of halogens is 1. The Labute approximate surface area is 88.1 Å². The lowest BCUT2D eigenvalue weighted by molar-refractivity contribution is -0.119. The molecular formula is C8H15ClN2O3. The molecule has 0 spiro atoms. The van der Waals surface area contributed by atoms with Gasteiger partial charge in [0.15, 0.2) is 0 Å². The highest BCUT2D eigenvalue weighted by atomic mass is 35.5. The molecule has 0 aliphatic carbocycles. The van der Waals surface area contributed by atoms with Crippen molar-refractivity contribution in [1.82, 2.24) is 10.6 Å². The number of rotatable bonds is 4. The van der Waals surface area contributed by atoms with Crippen LogP contribution in [-0.2, 0) is 9.53 Å². The van der Waals surface area contributed by atoms with Crippen molar-refractivity contribution in [1.29, 1.82) is 0 Å². The molecule has 0 rings (SSSR count). The molecule has 0 aliphatic rings. The zero-order chi connectivity index (χ0) is 11.1. The monoisotopic (exact) mass is 222 g/mol. The van der Waals surface area contributed by atoms with E-state index in [1.54, 1.807) is 6.92 Å². The van der Waals surface area contributed by atoms with Gasteiger partial charge in [-0.2, -0.15) is 0 Å². The van der Waals surface area contributed by atoms with E-state index in [1.165, 1.54) is 14.0 Å². The average Bonchev–Trinajstić information content (AvgIpc) is 2.03. The molecule has 0 fully saturated rings. The van der Waals surface area contributed by atoms with Crippen LogP contribution < -0.4 is 10.6 Å². The van der Waals surface area contributed by atoms with Gasteiger partial charge in [0.25, 0.3) is 0 Å². The molecule has 0 aromatic heterocycles. The summed E-state index contributed by atoms with van der Waals surface area (Å²) in [5.74, 6) is -0.520. The van der Waals surface area contributed by atoms with E-state index in [0.29, 0.717) is 6.61 Å². The van der Waals surface area contributed by atoms with E-state index in [2.05, 4.69) is 10.6 Å². The highest BCUT2D eigenvalue weighted by Gasteiger charge is 2.14. The van der Waals surface area contributed by atoms with Crippen LogP contribution in [0.3, 0.4) is 0 Å². The summed E-state index contributed by atoms with van der Waals surface area (Å²) in [6.45, 7) is 3.64. The van der Waals surface area contributed by atoms with Crippen molar-refractivity contribution in [2.24, 2.45) is 0 Å². The second-order valence-corrected chi connectivity index (χ2v) is 3.59. The molecule has 2 N–H and O–H groups in total. The highest BCUT2D eigenvalue weighted by molar-refractivity contribution is 6.31. The maximum Gasteiger partial charge on any atom is 0.321 e. The van der Waals surface area contributed by atoms with Gasteiger partial charge in [-0.25, -0.2) is 4.79 Å². The number of hydrogen-bond acceptors (Lipinski definition) is 3. The minimum absolute atomic E-state index is 0.154. The molecule has 0 aromatic carbocycles. The van der Waals surface area contributed by atoms with E-state index in [9.17, 15) is 9.59 Å². The molecular weight excluding hydrogens is 208 g/mol. The lowest BCUT2D eigenvalue weighted by Crippen LogP contribution is -2.46. The maximum atomic E-state index is 11.1. The molecule has 0 saturated heterocycles. The number of methoxy groups -OCH3 is 1. The number of urea groups is 1. The van der Waals surface area contributed by atoms with Crippen LogP contribution in [0.5, 0.6) is 0 Å². The van der Waals surface area contributed by atoms with Crippen molar-refractivity contribution in [2.75, 3.05) is 13.7 Å². The summed E-state index contributed by atoms with van der Waals surface area (Å²) in [5, 5.41) is 3.88. The highest BCUT2D eigenvalue weighted by Crippen LogP contribution is 1.92. The number of hydrogen-bond donors (Lipinski definition) is 2. The van der Waals surface area contributed by atoms with Gasteiger partial charge in [0.2, 0.25) is 5.91 Å². The maximum absolute atomic E-state index is 11.1. The molecule has 2 atom stereocenters. The second kappa shape index (κ2) is 6.62. The Balaban J connectivity index is 3.81. The second-order valence-electron chi connectivity index (χ2n) is 2.94. The third-order valence-electron chi connectivity index (χ3n) is 1.39. The molecule has 0 aromatic rings. The van der Waals surface area contributed by atoms with Crippen molar-refractivity contribution in [3.05, 3.63) is 0 Å². The number of alkyl halides is 1. The van der Waals surface area contributed by atoms with Crippen molar-refractivity contribution in [2.45, 2.75) is 25.3 Å². The van der Waals surface area contributed by atoms with Crippen LogP contribution in [0.2, 0.25) is 0 Å². The number of imide groups is 1. The zero-order valence-corrected chi connectivity index (χ0v) is 9.22. The largest absolute Gasteiger partial charge is 0.383 e. The molecule has 3 amide bonds. The van der Waals surface area contributed by atoms with Gasteiger partial charge in [-0.3, -0.25) is 10.1 Å². The first-order chi connectivity index (χ1) is 6.47. The smallest absolute Gasteiger partial charge is 0.321 e. The van der Waals surface area contributed by atoms with Crippen molar-refractivity contribution in [3.63, 3.8) is 0 Å². The van der Waals surface area contributed by atoms with Gasteiger partial charge in [0, 0.05) is 7.11 Å². The topological polar surface area (TPSA) is 67.4 Å². The average molecular weight is 223 g/mol. The Morgan fingerprint density at radius 1 is 1.43 bits per heavy atom. The SMILES string of the molecule is COCC(C)NC(=O)NC(=O)C(C)Cl. The minimum Gasteiger partial charge on any atom is -0.383 e. The molecule has 5 nitrogen and oxygen atoms in total. The van der Waals surface area contributed by atoms with Crippen molar-refractivity contribution in [3.8, 4) is 0 Å². The molecule has 14 heavy (non-hydrogen) atoms. The van der Waals surface area contributed by atoms with Crippen molar-refractivity contribution < 1.29 is 14.3 Å². The van der Waals surface area contributed by atoms with E-state index in [0.717, 1.165) is 0 Å². The molecule has 0 saturated carbocycles. The quantitative estimate of drug-likeness (QED) is 0.680. The van der Waals surface area contributed by atoms with Crippen LogP contribution in [0.1, 0.15) is 13.8 Å². The molecule has 0 radical (unpaired) electrons. The van der Waals surface area contributed by atoms with Gasteiger partial charge in [-0.05, 0) is 13.8 Å². The van der Waals surface area contributed by atoms with Gasteiger partial charge >= 0.3 is 6.03 Å². The third-order valence-corrected chi connectivity index (χ3v) is 1.59. The Hall–Kier alpha value is -0.810. The first kappa shape index (κ1) is 13.2. The summed E-state index contributed by atoms with van der Waals surface area (Å²) in [4.78, 5) is 22.0. The minimum atomic E-state index is -0.724. The summed E-state index contributed by atoms with van der Waals surface area (Å²) in [6.07, 6.45) is 0. The fourth-order valence-corrected chi connectivity index (χ4v) is 0.817. The predicted octanol–water partition coefficient (Wildman–Crippen LogP) is 0.474. The first-order valence-electron chi connectivity index (χ1n) is 4.21. The van der Waals surface area contributed by atoms with E-state index < -0.39 is 17.3 Å². The Kier molecular flexibility index (Phi) is 6.23. The van der Waals surface area contributed by atoms with Crippen LogP contribution >= 0.6 is 11.6 Å². The van der Waals surface area contributed by atoms with Crippen LogP contribution in [0.25, 0.3) is 0 Å².